The van der Waals surface area contributed by atoms with E-state index in [-0.39, 0.29) is 24.1 Å². The summed E-state index contributed by atoms with van der Waals surface area (Å²) in [6, 6.07) is 0.0585. The molecular weight excluding hydrogens is 270 g/mol. The first-order chi connectivity index (χ1) is 9.81. The van der Waals surface area contributed by atoms with Gasteiger partial charge in [-0.05, 0) is 26.2 Å². The second-order valence-electron chi connectivity index (χ2n) is 5.99. The highest BCUT2D eigenvalue weighted by atomic mass is 16.4. The average molecular weight is 295 g/mol. The molecule has 5 nitrogen and oxygen atoms in total. The zero-order valence-corrected chi connectivity index (χ0v) is 13.2. The molecule has 1 heterocycles. The first-order valence-electron chi connectivity index (χ1n) is 7.40. The molecule has 0 radical (unpaired) electrons. The van der Waals surface area contributed by atoms with E-state index in [0.717, 1.165) is 19.3 Å². The van der Waals surface area contributed by atoms with Crippen LogP contribution in [0.1, 0.15) is 61.7 Å². The Morgan fingerprint density at radius 1 is 1.29 bits per heavy atom. The van der Waals surface area contributed by atoms with Crippen LogP contribution in [0.2, 0.25) is 0 Å². The standard InChI is InChI=1S/C16H25NO4/c1-10(2)6-5-7-12(4)17-16(20)15-11(3)9-21-13(15)8-14(18)19/h9-10,12H,5-8H2,1-4H3,(H,17,20)(H,18,19). The molecule has 0 saturated heterocycles. The molecule has 0 aliphatic heterocycles. The largest absolute Gasteiger partial charge is 0.481 e. The smallest absolute Gasteiger partial charge is 0.311 e. The van der Waals surface area contributed by atoms with Gasteiger partial charge in [-0.15, -0.1) is 0 Å². The van der Waals surface area contributed by atoms with Crippen LogP contribution in [0.5, 0.6) is 0 Å². The van der Waals surface area contributed by atoms with Crippen LogP contribution in [0, 0.1) is 12.8 Å². The number of rotatable bonds is 8. The fourth-order valence-electron chi connectivity index (χ4n) is 2.27. The van der Waals surface area contributed by atoms with Crippen molar-refractivity contribution >= 4 is 11.9 Å². The number of hydrogen-bond donors (Lipinski definition) is 2. The zero-order valence-electron chi connectivity index (χ0n) is 13.2. The number of nitrogens with one attached hydrogen (secondary N) is 1. The van der Waals surface area contributed by atoms with Gasteiger partial charge in [0, 0.05) is 11.6 Å². The third kappa shape index (κ3) is 5.61. The summed E-state index contributed by atoms with van der Waals surface area (Å²) in [6.07, 6.45) is 4.25. The predicted molar refractivity (Wildman–Crippen MR) is 80.4 cm³/mol. The first kappa shape index (κ1) is 17.3. The minimum Gasteiger partial charge on any atom is -0.481 e. The van der Waals surface area contributed by atoms with Crippen molar-refractivity contribution in [2.45, 2.75) is 59.4 Å². The molecule has 0 aromatic carbocycles. The van der Waals surface area contributed by atoms with Gasteiger partial charge >= 0.3 is 5.97 Å². The summed E-state index contributed by atoms with van der Waals surface area (Å²) in [5.74, 6) is -0.393. The van der Waals surface area contributed by atoms with Crippen molar-refractivity contribution in [1.82, 2.24) is 5.32 Å². The highest BCUT2D eigenvalue weighted by Gasteiger charge is 2.21. The molecule has 0 bridgehead atoms. The van der Waals surface area contributed by atoms with Crippen molar-refractivity contribution in [3.8, 4) is 0 Å². The lowest BCUT2D eigenvalue weighted by molar-refractivity contribution is -0.136. The minimum absolute atomic E-state index is 0.0585. The maximum Gasteiger partial charge on any atom is 0.311 e. The molecule has 1 aromatic heterocycles. The molecule has 1 atom stereocenters. The van der Waals surface area contributed by atoms with Crippen LogP contribution in [0.15, 0.2) is 10.7 Å². The molecule has 0 saturated carbocycles. The molecule has 21 heavy (non-hydrogen) atoms. The number of carboxylic acid groups (broad SMARTS) is 1. The van der Waals surface area contributed by atoms with E-state index >= 15 is 0 Å². The van der Waals surface area contributed by atoms with Crippen LogP contribution in [0.25, 0.3) is 0 Å². The second kappa shape index (κ2) is 7.86. The summed E-state index contributed by atoms with van der Waals surface area (Å²) in [5, 5.41) is 11.8. The van der Waals surface area contributed by atoms with Gasteiger partial charge < -0.3 is 14.8 Å². The van der Waals surface area contributed by atoms with Crippen LogP contribution >= 0.6 is 0 Å². The maximum absolute atomic E-state index is 12.3. The van der Waals surface area contributed by atoms with Crippen molar-refractivity contribution < 1.29 is 19.1 Å². The highest BCUT2D eigenvalue weighted by molar-refractivity contribution is 5.97. The van der Waals surface area contributed by atoms with Gasteiger partial charge in [-0.25, -0.2) is 0 Å². The SMILES string of the molecule is Cc1coc(CC(=O)O)c1C(=O)NC(C)CCCC(C)C. The molecule has 0 aliphatic rings. The number of hydrogen-bond acceptors (Lipinski definition) is 3. The van der Waals surface area contributed by atoms with Gasteiger partial charge in [-0.1, -0.05) is 26.7 Å². The predicted octanol–water partition coefficient (Wildman–Crippen LogP) is 3.16. The number of carbonyl (C=O) groups excluding carboxylic acids is 1. The summed E-state index contributed by atoms with van der Waals surface area (Å²) < 4.78 is 5.18. The summed E-state index contributed by atoms with van der Waals surface area (Å²) in [5.41, 5.74) is 1.02. The molecule has 1 unspecified atom stereocenters. The Morgan fingerprint density at radius 2 is 1.95 bits per heavy atom. The van der Waals surface area contributed by atoms with Crippen molar-refractivity contribution in [2.24, 2.45) is 5.92 Å². The average Bonchev–Trinajstić information content (AvgIpc) is 2.68. The molecule has 118 valence electrons. The summed E-state index contributed by atoms with van der Waals surface area (Å²) in [4.78, 5) is 23.1. The van der Waals surface area contributed by atoms with Crippen LogP contribution in [-0.2, 0) is 11.2 Å². The van der Waals surface area contributed by atoms with E-state index in [1.165, 1.54) is 6.26 Å². The molecule has 0 fully saturated rings. The Balaban J connectivity index is 2.62. The van der Waals surface area contributed by atoms with Gasteiger partial charge in [0.2, 0.25) is 0 Å². The third-order valence-electron chi connectivity index (χ3n) is 3.39. The van der Waals surface area contributed by atoms with E-state index in [2.05, 4.69) is 19.2 Å². The van der Waals surface area contributed by atoms with Crippen molar-refractivity contribution in [3.63, 3.8) is 0 Å². The summed E-state index contributed by atoms with van der Waals surface area (Å²) in [7, 11) is 0. The van der Waals surface area contributed by atoms with Gasteiger partial charge in [0.1, 0.15) is 12.2 Å². The van der Waals surface area contributed by atoms with Crippen LogP contribution in [0.3, 0.4) is 0 Å². The molecule has 0 aliphatic carbocycles. The second-order valence-corrected chi connectivity index (χ2v) is 5.99. The van der Waals surface area contributed by atoms with E-state index in [1.54, 1.807) is 6.92 Å². The molecule has 2 N–H and O–H groups in total. The van der Waals surface area contributed by atoms with E-state index in [1.807, 2.05) is 6.92 Å². The number of furan rings is 1. The molecular formula is C16H25NO4. The van der Waals surface area contributed by atoms with Gasteiger partial charge in [-0.2, -0.15) is 0 Å². The fourth-order valence-corrected chi connectivity index (χ4v) is 2.27. The van der Waals surface area contributed by atoms with Crippen molar-refractivity contribution in [2.75, 3.05) is 0 Å². The Hall–Kier alpha value is -1.78. The normalized spacial score (nSPS) is 12.4. The van der Waals surface area contributed by atoms with Gasteiger partial charge in [0.25, 0.3) is 5.91 Å². The lowest BCUT2D eigenvalue weighted by Gasteiger charge is -2.14. The van der Waals surface area contributed by atoms with E-state index in [0.29, 0.717) is 17.0 Å². The number of amides is 1. The lowest BCUT2D eigenvalue weighted by Crippen LogP contribution is -2.33. The highest BCUT2D eigenvalue weighted by Crippen LogP contribution is 2.18. The number of aliphatic carboxylic acids is 1. The van der Waals surface area contributed by atoms with Crippen molar-refractivity contribution in [1.29, 1.82) is 0 Å². The van der Waals surface area contributed by atoms with Crippen LogP contribution in [0.4, 0.5) is 0 Å². The number of aryl methyl sites for hydroxylation is 1. The number of carboxylic acids is 1. The third-order valence-corrected chi connectivity index (χ3v) is 3.39. The van der Waals surface area contributed by atoms with Gasteiger partial charge in [0.15, 0.2) is 0 Å². The first-order valence-corrected chi connectivity index (χ1v) is 7.40. The monoisotopic (exact) mass is 295 g/mol. The molecule has 5 heteroatoms. The van der Waals surface area contributed by atoms with Crippen LogP contribution < -0.4 is 5.32 Å². The van der Waals surface area contributed by atoms with Crippen molar-refractivity contribution in [3.05, 3.63) is 23.2 Å². The maximum atomic E-state index is 12.3. The van der Waals surface area contributed by atoms with Gasteiger partial charge in [-0.3, -0.25) is 9.59 Å². The Bertz CT molecular complexity index is 490. The lowest BCUT2D eigenvalue weighted by atomic mass is 10.0. The molecule has 0 spiro atoms. The topological polar surface area (TPSA) is 79.5 Å². The molecule has 1 aromatic rings. The van der Waals surface area contributed by atoms with E-state index in [9.17, 15) is 9.59 Å². The number of carbonyl (C=O) groups is 2. The Labute approximate surface area is 125 Å². The van der Waals surface area contributed by atoms with Crippen LogP contribution in [-0.4, -0.2) is 23.0 Å². The summed E-state index contributed by atoms with van der Waals surface area (Å²) >= 11 is 0. The quantitative estimate of drug-likeness (QED) is 0.772. The zero-order chi connectivity index (χ0) is 16.0. The Kier molecular flexibility index (Phi) is 6.46. The Morgan fingerprint density at radius 3 is 2.52 bits per heavy atom. The fraction of sp³-hybridized carbons (Fsp3) is 0.625. The van der Waals surface area contributed by atoms with Gasteiger partial charge in [0.05, 0.1) is 11.8 Å². The minimum atomic E-state index is -1.01. The molecule has 1 rings (SSSR count). The van der Waals surface area contributed by atoms with E-state index < -0.39 is 5.97 Å². The summed E-state index contributed by atoms with van der Waals surface area (Å²) in [6.45, 7) is 8.06. The van der Waals surface area contributed by atoms with E-state index in [4.69, 9.17) is 9.52 Å². The molecule has 1 amide bonds.